The van der Waals surface area contributed by atoms with E-state index < -0.39 is 0 Å². The average Bonchev–Trinajstić information content (AvgIpc) is 2.78. The maximum Gasteiger partial charge on any atom is 0.251 e. The molecule has 0 spiro atoms. The lowest BCUT2D eigenvalue weighted by Crippen LogP contribution is -2.27. The van der Waals surface area contributed by atoms with Crippen molar-refractivity contribution in [3.8, 4) is 0 Å². The molecule has 0 saturated heterocycles. The molecule has 2 aromatic heterocycles. The maximum absolute atomic E-state index is 12.2. The van der Waals surface area contributed by atoms with E-state index in [-0.39, 0.29) is 11.9 Å². The Morgan fingerprint density at radius 3 is 2.85 bits per heavy atom. The molecule has 2 heterocycles. The van der Waals surface area contributed by atoms with Crippen LogP contribution in [0.15, 0.2) is 22.9 Å². The fourth-order valence-electron chi connectivity index (χ4n) is 2.19. The van der Waals surface area contributed by atoms with Crippen molar-refractivity contribution in [1.29, 1.82) is 0 Å². The molecule has 0 fully saturated rings. The number of aromatic nitrogens is 2. The van der Waals surface area contributed by atoms with E-state index >= 15 is 0 Å². The van der Waals surface area contributed by atoms with Gasteiger partial charge < -0.3 is 15.6 Å². The lowest BCUT2D eigenvalue weighted by atomic mass is 10.1. The Hall–Kier alpha value is -2.21. The van der Waals surface area contributed by atoms with Crippen LogP contribution in [-0.2, 0) is 6.54 Å². The van der Waals surface area contributed by atoms with E-state index in [4.69, 9.17) is 10.3 Å². The first kappa shape index (κ1) is 14.2. The van der Waals surface area contributed by atoms with Gasteiger partial charge in [0.1, 0.15) is 5.76 Å². The Labute approximate surface area is 117 Å². The second-order valence-electron chi connectivity index (χ2n) is 4.67. The topological polar surface area (TPSA) is 94.0 Å². The summed E-state index contributed by atoms with van der Waals surface area (Å²) in [5, 5.41) is 6.82. The highest BCUT2D eigenvalue weighted by Crippen LogP contribution is 2.21. The molecule has 0 aliphatic rings. The highest BCUT2D eigenvalue weighted by atomic mass is 16.5. The van der Waals surface area contributed by atoms with Crippen molar-refractivity contribution >= 4 is 5.91 Å². The monoisotopic (exact) mass is 274 g/mol. The Bertz CT molecular complexity index is 602. The number of aryl methyl sites for hydroxylation is 2. The quantitative estimate of drug-likeness (QED) is 0.883. The van der Waals surface area contributed by atoms with Gasteiger partial charge in [0.2, 0.25) is 0 Å². The van der Waals surface area contributed by atoms with Crippen LogP contribution in [0, 0.1) is 13.8 Å². The molecular weight excluding hydrogens is 256 g/mol. The molecule has 20 heavy (non-hydrogen) atoms. The van der Waals surface area contributed by atoms with E-state index in [0.717, 1.165) is 11.3 Å². The maximum atomic E-state index is 12.2. The zero-order valence-electron chi connectivity index (χ0n) is 11.8. The molecule has 106 valence electrons. The molecule has 3 N–H and O–H groups in total. The van der Waals surface area contributed by atoms with Crippen LogP contribution in [0.25, 0.3) is 0 Å². The van der Waals surface area contributed by atoms with E-state index in [2.05, 4.69) is 15.5 Å². The number of carbonyl (C=O) groups is 1. The Kier molecular flexibility index (Phi) is 4.14. The highest BCUT2D eigenvalue weighted by Gasteiger charge is 2.19. The van der Waals surface area contributed by atoms with Gasteiger partial charge in [0.05, 0.1) is 17.4 Å². The van der Waals surface area contributed by atoms with Crippen molar-refractivity contribution < 1.29 is 9.32 Å². The van der Waals surface area contributed by atoms with Crippen molar-refractivity contribution in [3.63, 3.8) is 0 Å². The average molecular weight is 274 g/mol. The fraction of sp³-hybridized carbons (Fsp3) is 0.357. The Morgan fingerprint density at radius 1 is 1.50 bits per heavy atom. The number of hydrogen-bond donors (Lipinski definition) is 2. The lowest BCUT2D eigenvalue weighted by molar-refractivity contribution is 0.0939. The van der Waals surface area contributed by atoms with Gasteiger partial charge in [0.15, 0.2) is 0 Å². The van der Waals surface area contributed by atoms with Gasteiger partial charge in [0, 0.05) is 23.9 Å². The normalized spacial score (nSPS) is 12.2. The second kappa shape index (κ2) is 5.83. The molecule has 6 heteroatoms. The van der Waals surface area contributed by atoms with E-state index in [0.29, 0.717) is 23.6 Å². The zero-order valence-corrected chi connectivity index (χ0v) is 11.8. The number of nitrogens with two attached hydrogens (primary N) is 1. The van der Waals surface area contributed by atoms with Gasteiger partial charge in [-0.05, 0) is 32.9 Å². The minimum atomic E-state index is -0.178. The van der Waals surface area contributed by atoms with Crippen LogP contribution >= 0.6 is 0 Å². The van der Waals surface area contributed by atoms with E-state index in [9.17, 15) is 4.79 Å². The molecule has 0 saturated carbocycles. The fourth-order valence-corrected chi connectivity index (χ4v) is 2.19. The van der Waals surface area contributed by atoms with Crippen molar-refractivity contribution in [2.45, 2.75) is 33.4 Å². The van der Waals surface area contributed by atoms with Crippen LogP contribution in [0.1, 0.15) is 46.0 Å². The minimum absolute atomic E-state index is 0.172. The minimum Gasteiger partial charge on any atom is -0.361 e. The van der Waals surface area contributed by atoms with Crippen molar-refractivity contribution in [3.05, 3.63) is 46.6 Å². The van der Waals surface area contributed by atoms with Gasteiger partial charge in [-0.3, -0.25) is 9.78 Å². The molecule has 1 amide bonds. The third-order valence-electron chi connectivity index (χ3n) is 3.16. The van der Waals surface area contributed by atoms with Gasteiger partial charge >= 0.3 is 0 Å². The van der Waals surface area contributed by atoms with Gasteiger partial charge in [-0.1, -0.05) is 5.16 Å². The third-order valence-corrected chi connectivity index (χ3v) is 3.16. The first-order chi connectivity index (χ1) is 9.52. The summed E-state index contributed by atoms with van der Waals surface area (Å²) < 4.78 is 5.11. The number of pyridine rings is 1. The smallest absolute Gasteiger partial charge is 0.251 e. The molecule has 0 aromatic carbocycles. The van der Waals surface area contributed by atoms with Crippen LogP contribution in [0.2, 0.25) is 0 Å². The molecule has 0 radical (unpaired) electrons. The molecule has 0 aliphatic heterocycles. The summed E-state index contributed by atoms with van der Waals surface area (Å²) in [5.41, 5.74) is 8.44. The lowest BCUT2D eigenvalue weighted by Gasteiger charge is -2.14. The van der Waals surface area contributed by atoms with Crippen molar-refractivity contribution in [2.24, 2.45) is 5.73 Å². The SMILES string of the molecule is Cc1noc(C)c1C(C)NC(=O)c1ccnc(CN)c1. The zero-order chi connectivity index (χ0) is 14.7. The van der Waals surface area contributed by atoms with Crippen LogP contribution in [0.3, 0.4) is 0 Å². The standard InChI is InChI=1S/C14H18N4O2/c1-8(13-9(2)18-20-10(13)3)17-14(19)11-4-5-16-12(6-11)7-15/h4-6,8H,7,15H2,1-3H3,(H,17,19). The van der Waals surface area contributed by atoms with Gasteiger partial charge in [-0.25, -0.2) is 0 Å². The first-order valence-electron chi connectivity index (χ1n) is 6.41. The summed E-state index contributed by atoms with van der Waals surface area (Å²) in [4.78, 5) is 16.3. The molecule has 0 aliphatic carbocycles. The van der Waals surface area contributed by atoms with Gasteiger partial charge in [0.25, 0.3) is 5.91 Å². The molecular formula is C14H18N4O2. The summed E-state index contributed by atoms with van der Waals surface area (Å²) in [5.74, 6) is 0.544. The highest BCUT2D eigenvalue weighted by molar-refractivity contribution is 5.94. The number of amides is 1. The van der Waals surface area contributed by atoms with Gasteiger partial charge in [-0.15, -0.1) is 0 Å². The van der Waals surface area contributed by atoms with E-state index in [1.807, 2.05) is 20.8 Å². The molecule has 2 rings (SSSR count). The Balaban J connectivity index is 2.15. The van der Waals surface area contributed by atoms with Crippen molar-refractivity contribution in [2.75, 3.05) is 0 Å². The summed E-state index contributed by atoms with van der Waals surface area (Å²) >= 11 is 0. The largest absolute Gasteiger partial charge is 0.361 e. The number of carbonyl (C=O) groups excluding carboxylic acids is 1. The second-order valence-corrected chi connectivity index (χ2v) is 4.67. The Morgan fingerprint density at radius 2 is 2.25 bits per heavy atom. The summed E-state index contributed by atoms with van der Waals surface area (Å²) in [6.07, 6.45) is 1.58. The third kappa shape index (κ3) is 2.85. The van der Waals surface area contributed by atoms with E-state index in [1.54, 1.807) is 18.3 Å². The molecule has 0 bridgehead atoms. The molecule has 2 aromatic rings. The summed E-state index contributed by atoms with van der Waals surface area (Å²) in [6, 6.07) is 3.17. The summed E-state index contributed by atoms with van der Waals surface area (Å²) in [6.45, 7) is 5.89. The number of nitrogens with zero attached hydrogens (tertiary/aromatic N) is 2. The molecule has 6 nitrogen and oxygen atoms in total. The predicted octanol–water partition coefficient (Wildman–Crippen LogP) is 1.64. The van der Waals surface area contributed by atoms with Crippen LogP contribution in [0.5, 0.6) is 0 Å². The van der Waals surface area contributed by atoms with Crippen LogP contribution in [-0.4, -0.2) is 16.0 Å². The van der Waals surface area contributed by atoms with Crippen LogP contribution < -0.4 is 11.1 Å². The molecule has 1 atom stereocenters. The molecule has 1 unspecified atom stereocenters. The predicted molar refractivity (Wildman–Crippen MR) is 74.0 cm³/mol. The number of rotatable bonds is 4. The number of hydrogen-bond acceptors (Lipinski definition) is 5. The summed E-state index contributed by atoms with van der Waals surface area (Å²) in [7, 11) is 0. The van der Waals surface area contributed by atoms with Gasteiger partial charge in [-0.2, -0.15) is 0 Å². The van der Waals surface area contributed by atoms with Crippen molar-refractivity contribution in [1.82, 2.24) is 15.5 Å². The van der Waals surface area contributed by atoms with Crippen LogP contribution in [0.4, 0.5) is 0 Å². The number of nitrogens with one attached hydrogen (secondary N) is 1. The first-order valence-corrected chi connectivity index (χ1v) is 6.41. The van der Waals surface area contributed by atoms with E-state index in [1.165, 1.54) is 0 Å².